The fourth-order valence-corrected chi connectivity index (χ4v) is 2.96. The third-order valence-corrected chi connectivity index (χ3v) is 3.90. The van der Waals surface area contributed by atoms with Gasteiger partial charge in [-0.1, -0.05) is 51.8 Å². The van der Waals surface area contributed by atoms with Crippen molar-refractivity contribution in [3.63, 3.8) is 0 Å². The van der Waals surface area contributed by atoms with E-state index in [0.29, 0.717) is 0 Å². The van der Waals surface area contributed by atoms with Crippen LogP contribution in [0, 0.1) is 6.92 Å². The van der Waals surface area contributed by atoms with Crippen molar-refractivity contribution in [1.29, 1.82) is 0 Å². The quantitative estimate of drug-likeness (QED) is 0.623. The van der Waals surface area contributed by atoms with Gasteiger partial charge >= 0.3 is 0 Å². The van der Waals surface area contributed by atoms with Crippen LogP contribution in [0.5, 0.6) is 0 Å². The van der Waals surface area contributed by atoms with Crippen molar-refractivity contribution in [2.45, 2.75) is 64.7 Å². The molecule has 0 unspecified atom stereocenters. The van der Waals surface area contributed by atoms with E-state index in [4.69, 9.17) is 0 Å². The van der Waals surface area contributed by atoms with Crippen LogP contribution in [-0.4, -0.2) is 0 Å². The molecule has 0 saturated heterocycles. The van der Waals surface area contributed by atoms with E-state index in [0.717, 1.165) is 5.92 Å². The summed E-state index contributed by atoms with van der Waals surface area (Å²) in [5.74, 6) is 0.835. The monoisotopic (exact) mass is 216 g/mol. The van der Waals surface area contributed by atoms with Gasteiger partial charge in [-0.3, -0.25) is 0 Å². The summed E-state index contributed by atoms with van der Waals surface area (Å²) in [5, 5.41) is 0. The first-order valence-electron chi connectivity index (χ1n) is 6.59. The molecule has 0 amide bonds. The molecule has 0 atom stereocenters. The summed E-state index contributed by atoms with van der Waals surface area (Å²) in [6, 6.07) is 7.13. The summed E-state index contributed by atoms with van der Waals surface area (Å²) in [6.07, 6.45) is 5.63. The molecule has 1 fully saturated rings. The van der Waals surface area contributed by atoms with Crippen molar-refractivity contribution >= 4 is 0 Å². The van der Waals surface area contributed by atoms with Gasteiger partial charge in [-0.2, -0.15) is 0 Å². The predicted octanol–water partition coefficient (Wildman–Crippen LogP) is 4.95. The number of hydrogen-bond acceptors (Lipinski definition) is 0. The van der Waals surface area contributed by atoms with E-state index >= 15 is 0 Å². The molecule has 0 heterocycles. The van der Waals surface area contributed by atoms with Crippen molar-refractivity contribution in [3.8, 4) is 0 Å². The maximum Gasteiger partial charge on any atom is -0.0129 e. The predicted molar refractivity (Wildman–Crippen MR) is 71.1 cm³/mol. The Balaban J connectivity index is 2.35. The van der Waals surface area contributed by atoms with Gasteiger partial charge in [0.1, 0.15) is 0 Å². The first kappa shape index (κ1) is 11.7. The molecule has 0 radical (unpaired) electrons. The molecule has 0 heteroatoms. The smallest absolute Gasteiger partial charge is 0.0129 e. The molecule has 0 aliphatic heterocycles. The maximum atomic E-state index is 2.46. The summed E-state index contributed by atoms with van der Waals surface area (Å²) >= 11 is 0. The van der Waals surface area contributed by atoms with Gasteiger partial charge in [0.05, 0.1) is 0 Å². The Morgan fingerprint density at radius 3 is 2.25 bits per heavy atom. The van der Waals surface area contributed by atoms with Gasteiger partial charge in [0.15, 0.2) is 0 Å². The molecular weight excluding hydrogens is 192 g/mol. The van der Waals surface area contributed by atoms with Crippen LogP contribution in [0.4, 0.5) is 0 Å². The lowest BCUT2D eigenvalue weighted by atomic mass is 9.81. The Kier molecular flexibility index (Phi) is 3.10. The van der Waals surface area contributed by atoms with Crippen molar-refractivity contribution < 1.29 is 0 Å². The zero-order chi connectivity index (χ0) is 11.8. The molecule has 2 rings (SSSR count). The highest BCUT2D eigenvalue weighted by Crippen LogP contribution is 2.36. The molecule has 0 N–H and O–H groups in total. The molecule has 0 bridgehead atoms. The Labute approximate surface area is 100 Å². The Morgan fingerprint density at radius 2 is 1.69 bits per heavy atom. The molecule has 1 aromatic carbocycles. The number of rotatable bonds is 1. The number of benzene rings is 1. The molecule has 0 aromatic heterocycles. The highest BCUT2D eigenvalue weighted by atomic mass is 14.3. The van der Waals surface area contributed by atoms with Crippen LogP contribution in [0.3, 0.4) is 0 Å². The average Bonchev–Trinajstić information content (AvgIpc) is 2.69. The van der Waals surface area contributed by atoms with Crippen LogP contribution in [0.15, 0.2) is 18.2 Å². The van der Waals surface area contributed by atoms with E-state index in [1.165, 1.54) is 36.8 Å². The molecule has 1 saturated carbocycles. The van der Waals surface area contributed by atoms with Gasteiger partial charge in [-0.05, 0) is 47.8 Å². The first-order valence-corrected chi connectivity index (χ1v) is 6.59. The lowest BCUT2D eigenvalue weighted by Gasteiger charge is -2.23. The zero-order valence-electron chi connectivity index (χ0n) is 11.1. The summed E-state index contributed by atoms with van der Waals surface area (Å²) in [6.45, 7) is 9.17. The molecule has 16 heavy (non-hydrogen) atoms. The van der Waals surface area contributed by atoms with Crippen LogP contribution in [0.25, 0.3) is 0 Å². The second-order valence-corrected chi connectivity index (χ2v) is 6.31. The van der Waals surface area contributed by atoms with E-state index in [-0.39, 0.29) is 5.41 Å². The van der Waals surface area contributed by atoms with Crippen LogP contribution in [-0.2, 0) is 5.41 Å². The standard InChI is InChI=1S/C16H24/c1-12-9-10-14(13-7-5-6-8-13)11-15(12)16(2,3)4/h9-11,13H,5-8H2,1-4H3. The third kappa shape index (κ3) is 2.31. The van der Waals surface area contributed by atoms with E-state index in [1.54, 1.807) is 5.56 Å². The fourth-order valence-electron chi connectivity index (χ4n) is 2.96. The minimum absolute atomic E-state index is 0.276. The highest BCUT2D eigenvalue weighted by molar-refractivity contribution is 5.37. The molecule has 1 aromatic rings. The van der Waals surface area contributed by atoms with E-state index in [1.807, 2.05) is 0 Å². The zero-order valence-corrected chi connectivity index (χ0v) is 11.1. The average molecular weight is 216 g/mol. The largest absolute Gasteiger partial charge is 0.0587 e. The molecule has 0 nitrogen and oxygen atoms in total. The topological polar surface area (TPSA) is 0 Å². The Morgan fingerprint density at radius 1 is 1.06 bits per heavy atom. The third-order valence-electron chi connectivity index (χ3n) is 3.90. The summed E-state index contributed by atoms with van der Waals surface area (Å²) in [4.78, 5) is 0. The normalized spacial score (nSPS) is 18.0. The Hall–Kier alpha value is -0.780. The highest BCUT2D eigenvalue weighted by Gasteiger charge is 2.21. The molecule has 1 aliphatic rings. The lowest BCUT2D eigenvalue weighted by molar-refractivity contribution is 0.583. The van der Waals surface area contributed by atoms with Gasteiger partial charge < -0.3 is 0 Å². The van der Waals surface area contributed by atoms with Crippen LogP contribution < -0.4 is 0 Å². The molecule has 0 spiro atoms. The summed E-state index contributed by atoms with van der Waals surface area (Å²) < 4.78 is 0. The summed E-state index contributed by atoms with van der Waals surface area (Å²) in [5.41, 5.74) is 4.82. The number of hydrogen-bond donors (Lipinski definition) is 0. The van der Waals surface area contributed by atoms with Gasteiger partial charge in [-0.25, -0.2) is 0 Å². The van der Waals surface area contributed by atoms with E-state index in [9.17, 15) is 0 Å². The maximum absolute atomic E-state index is 2.46. The lowest BCUT2D eigenvalue weighted by Crippen LogP contribution is -2.13. The van der Waals surface area contributed by atoms with Gasteiger partial charge in [0.2, 0.25) is 0 Å². The van der Waals surface area contributed by atoms with Crippen molar-refractivity contribution in [2.24, 2.45) is 0 Å². The van der Waals surface area contributed by atoms with Crippen LogP contribution in [0.1, 0.15) is 69.1 Å². The molecule has 1 aliphatic carbocycles. The second kappa shape index (κ2) is 4.24. The number of aryl methyl sites for hydroxylation is 1. The first-order chi connectivity index (χ1) is 7.48. The SMILES string of the molecule is Cc1ccc(C2CCCC2)cc1C(C)(C)C. The van der Waals surface area contributed by atoms with E-state index in [2.05, 4.69) is 45.9 Å². The van der Waals surface area contributed by atoms with Gasteiger partial charge in [0.25, 0.3) is 0 Å². The van der Waals surface area contributed by atoms with Crippen molar-refractivity contribution in [1.82, 2.24) is 0 Å². The minimum Gasteiger partial charge on any atom is -0.0587 e. The van der Waals surface area contributed by atoms with Crippen LogP contribution >= 0.6 is 0 Å². The molecule has 88 valence electrons. The van der Waals surface area contributed by atoms with Gasteiger partial charge in [-0.15, -0.1) is 0 Å². The van der Waals surface area contributed by atoms with E-state index < -0.39 is 0 Å². The van der Waals surface area contributed by atoms with Crippen LogP contribution in [0.2, 0.25) is 0 Å². The molecular formula is C16H24. The fraction of sp³-hybridized carbons (Fsp3) is 0.625. The van der Waals surface area contributed by atoms with Gasteiger partial charge in [0, 0.05) is 0 Å². The minimum atomic E-state index is 0.276. The summed E-state index contributed by atoms with van der Waals surface area (Å²) in [7, 11) is 0. The Bertz CT molecular complexity index is 362. The van der Waals surface area contributed by atoms with Crippen molar-refractivity contribution in [3.05, 3.63) is 34.9 Å². The van der Waals surface area contributed by atoms with Crippen molar-refractivity contribution in [2.75, 3.05) is 0 Å². The second-order valence-electron chi connectivity index (χ2n) is 6.31.